The smallest absolute Gasteiger partial charge is 0.381 e. The molecule has 0 aliphatic carbocycles. The summed E-state index contributed by atoms with van der Waals surface area (Å²) in [5.74, 6) is 0. The fraction of sp³-hybridized carbons (Fsp3) is 1.00. The van der Waals surface area contributed by atoms with Gasteiger partial charge in [0.15, 0.2) is 5.60 Å². The van der Waals surface area contributed by atoms with Crippen LogP contribution in [0.3, 0.4) is 0 Å². The average molecular weight is 172 g/mol. The highest BCUT2D eigenvalue weighted by Crippen LogP contribution is 2.32. The molecule has 0 fully saturated rings. The summed E-state index contributed by atoms with van der Waals surface area (Å²) in [5, 5.41) is 8.91. The van der Waals surface area contributed by atoms with Crippen molar-refractivity contribution in [2.24, 2.45) is 0 Å². The van der Waals surface area contributed by atoms with Gasteiger partial charge in [-0.2, -0.15) is 13.2 Å². The van der Waals surface area contributed by atoms with Gasteiger partial charge in [0.1, 0.15) is 0 Å². The molecule has 0 aliphatic heterocycles. The molecule has 68 valence electrons. The minimum Gasteiger partial charge on any atom is -0.381 e. The van der Waals surface area contributed by atoms with Gasteiger partial charge in [0.05, 0.1) is 6.61 Å². The topological polar surface area (TPSA) is 29.5 Å². The molecule has 0 aromatic heterocycles. The summed E-state index contributed by atoms with van der Waals surface area (Å²) >= 11 is 0. The number of halogens is 3. The Balaban J connectivity index is 4.33. The van der Waals surface area contributed by atoms with Crippen LogP contribution in [0, 0.1) is 0 Å². The second kappa shape index (κ2) is 3.40. The Hall–Kier alpha value is -0.290. The predicted molar refractivity (Wildman–Crippen MR) is 33.2 cm³/mol. The van der Waals surface area contributed by atoms with Gasteiger partial charge in [0, 0.05) is 7.11 Å². The second-order valence-electron chi connectivity index (χ2n) is 2.32. The molecule has 11 heavy (non-hydrogen) atoms. The number of hydrogen-bond acceptors (Lipinski definition) is 2. The van der Waals surface area contributed by atoms with E-state index in [1.54, 1.807) is 0 Å². The Bertz CT molecular complexity index is 123. The maximum Gasteiger partial charge on any atom is 0.419 e. The Morgan fingerprint density at radius 3 is 1.91 bits per heavy atom. The van der Waals surface area contributed by atoms with Crippen LogP contribution >= 0.6 is 0 Å². The molecule has 0 saturated carbocycles. The Kier molecular flexibility index (Phi) is 3.31. The van der Waals surface area contributed by atoms with E-state index >= 15 is 0 Å². The van der Waals surface area contributed by atoms with Crippen LogP contribution in [0.5, 0.6) is 0 Å². The average Bonchev–Trinajstić information content (AvgIpc) is 1.86. The van der Waals surface area contributed by atoms with Gasteiger partial charge in [0.2, 0.25) is 0 Å². The van der Waals surface area contributed by atoms with Crippen molar-refractivity contribution in [2.45, 2.75) is 25.1 Å². The van der Waals surface area contributed by atoms with Crippen LogP contribution in [0.2, 0.25) is 0 Å². The van der Waals surface area contributed by atoms with Gasteiger partial charge >= 0.3 is 6.18 Å². The lowest BCUT2D eigenvalue weighted by atomic mass is 10.0. The molecule has 2 nitrogen and oxygen atoms in total. The number of alkyl halides is 3. The number of hydrogen-bond donors (Lipinski definition) is 1. The second-order valence-corrected chi connectivity index (χ2v) is 2.32. The third-order valence-electron chi connectivity index (χ3n) is 1.50. The maximum atomic E-state index is 12.0. The molecule has 0 rings (SSSR count). The highest BCUT2D eigenvalue weighted by Gasteiger charge is 2.52. The standard InChI is InChI=1S/C6H11F3O2/c1-3-5(10,4-11-2)6(7,8)9/h10H,3-4H2,1-2H3. The summed E-state index contributed by atoms with van der Waals surface area (Å²) in [6.07, 6.45) is -5.01. The van der Waals surface area contributed by atoms with Crippen LogP contribution in [0.25, 0.3) is 0 Å². The van der Waals surface area contributed by atoms with E-state index in [2.05, 4.69) is 4.74 Å². The van der Waals surface area contributed by atoms with Gasteiger partial charge in [-0.05, 0) is 6.42 Å². The first-order valence-corrected chi connectivity index (χ1v) is 3.15. The normalized spacial score (nSPS) is 18.0. The van der Waals surface area contributed by atoms with Crippen molar-refractivity contribution >= 4 is 0 Å². The van der Waals surface area contributed by atoms with E-state index < -0.39 is 24.8 Å². The quantitative estimate of drug-likeness (QED) is 0.696. The van der Waals surface area contributed by atoms with Crippen molar-refractivity contribution in [3.8, 4) is 0 Å². The molecule has 5 heteroatoms. The minimum atomic E-state index is -4.61. The Morgan fingerprint density at radius 1 is 1.36 bits per heavy atom. The Labute approximate surface area is 63.0 Å². The number of aliphatic hydroxyl groups is 1. The molecule has 1 N–H and O–H groups in total. The summed E-state index contributed by atoms with van der Waals surface area (Å²) in [7, 11) is 1.12. The lowest BCUT2D eigenvalue weighted by molar-refractivity contribution is -0.274. The Morgan fingerprint density at radius 2 is 1.82 bits per heavy atom. The summed E-state index contributed by atoms with van der Waals surface area (Å²) in [6.45, 7) is 0.541. The molecule has 1 atom stereocenters. The van der Waals surface area contributed by atoms with Crippen molar-refractivity contribution in [3.05, 3.63) is 0 Å². The number of ether oxygens (including phenoxy) is 1. The van der Waals surface area contributed by atoms with E-state index in [0.29, 0.717) is 0 Å². The van der Waals surface area contributed by atoms with Gasteiger partial charge in [-0.25, -0.2) is 0 Å². The van der Waals surface area contributed by atoms with Crippen LogP contribution in [-0.4, -0.2) is 30.6 Å². The van der Waals surface area contributed by atoms with Crippen LogP contribution in [0.4, 0.5) is 13.2 Å². The van der Waals surface area contributed by atoms with Crippen LogP contribution < -0.4 is 0 Å². The van der Waals surface area contributed by atoms with E-state index in [-0.39, 0.29) is 0 Å². The molecule has 0 amide bonds. The molecular formula is C6H11F3O2. The molecule has 0 aromatic rings. The van der Waals surface area contributed by atoms with Crippen molar-refractivity contribution in [1.29, 1.82) is 0 Å². The van der Waals surface area contributed by atoms with E-state index in [1.165, 1.54) is 6.92 Å². The van der Waals surface area contributed by atoms with Crippen LogP contribution in [0.15, 0.2) is 0 Å². The van der Waals surface area contributed by atoms with E-state index in [9.17, 15) is 13.2 Å². The largest absolute Gasteiger partial charge is 0.419 e. The predicted octanol–water partition coefficient (Wildman–Crippen LogP) is 1.34. The zero-order valence-corrected chi connectivity index (χ0v) is 6.40. The maximum absolute atomic E-state index is 12.0. The van der Waals surface area contributed by atoms with Crippen LogP contribution in [-0.2, 0) is 4.74 Å². The zero-order chi connectivity index (χ0) is 9.12. The number of methoxy groups -OCH3 is 1. The van der Waals surface area contributed by atoms with Gasteiger partial charge in [-0.1, -0.05) is 6.92 Å². The third-order valence-corrected chi connectivity index (χ3v) is 1.50. The van der Waals surface area contributed by atoms with Gasteiger partial charge in [0.25, 0.3) is 0 Å². The molecule has 0 aliphatic rings. The fourth-order valence-electron chi connectivity index (χ4n) is 0.623. The molecule has 0 heterocycles. The lowest BCUT2D eigenvalue weighted by Crippen LogP contribution is -2.48. The van der Waals surface area contributed by atoms with Crippen molar-refractivity contribution < 1.29 is 23.0 Å². The third kappa shape index (κ3) is 2.34. The minimum absolute atomic E-state index is 0.398. The van der Waals surface area contributed by atoms with Crippen molar-refractivity contribution in [2.75, 3.05) is 13.7 Å². The van der Waals surface area contributed by atoms with E-state index in [4.69, 9.17) is 5.11 Å². The van der Waals surface area contributed by atoms with Crippen molar-refractivity contribution in [1.82, 2.24) is 0 Å². The summed E-state index contributed by atoms with van der Waals surface area (Å²) in [6, 6.07) is 0. The molecular weight excluding hydrogens is 161 g/mol. The SMILES string of the molecule is CCC(O)(COC)C(F)(F)F. The van der Waals surface area contributed by atoms with Gasteiger partial charge < -0.3 is 9.84 Å². The fourth-order valence-corrected chi connectivity index (χ4v) is 0.623. The van der Waals surface area contributed by atoms with E-state index in [1.807, 2.05) is 0 Å². The first-order chi connectivity index (χ1) is 4.87. The van der Waals surface area contributed by atoms with Gasteiger partial charge in [-0.15, -0.1) is 0 Å². The zero-order valence-electron chi connectivity index (χ0n) is 6.40. The summed E-state index contributed by atoms with van der Waals surface area (Å²) in [5.41, 5.74) is -2.69. The molecule has 0 spiro atoms. The van der Waals surface area contributed by atoms with E-state index in [0.717, 1.165) is 7.11 Å². The van der Waals surface area contributed by atoms with Gasteiger partial charge in [-0.3, -0.25) is 0 Å². The monoisotopic (exact) mass is 172 g/mol. The molecule has 0 radical (unpaired) electrons. The molecule has 0 bridgehead atoms. The highest BCUT2D eigenvalue weighted by molar-refractivity contribution is 4.84. The highest BCUT2D eigenvalue weighted by atomic mass is 19.4. The summed E-state index contributed by atoms with van der Waals surface area (Å²) in [4.78, 5) is 0. The lowest BCUT2D eigenvalue weighted by Gasteiger charge is -2.28. The summed E-state index contributed by atoms with van der Waals surface area (Å²) < 4.78 is 40.1. The first kappa shape index (κ1) is 10.7. The molecule has 0 saturated heterocycles. The van der Waals surface area contributed by atoms with Crippen molar-refractivity contribution in [3.63, 3.8) is 0 Å². The van der Waals surface area contributed by atoms with Crippen LogP contribution in [0.1, 0.15) is 13.3 Å². The number of rotatable bonds is 3. The molecule has 1 unspecified atom stereocenters. The first-order valence-electron chi connectivity index (χ1n) is 3.15. The molecule has 0 aromatic carbocycles.